The molecule has 7 nitrogen and oxygen atoms in total. The number of rotatable bonds is 10. The summed E-state index contributed by atoms with van der Waals surface area (Å²) < 4.78 is 5.65. The van der Waals surface area contributed by atoms with Crippen LogP contribution in [0.15, 0.2) is 52.1 Å². The molecule has 29 heavy (non-hydrogen) atoms. The van der Waals surface area contributed by atoms with Crippen LogP contribution in [0.2, 0.25) is 0 Å². The van der Waals surface area contributed by atoms with E-state index >= 15 is 0 Å². The number of hydrogen-bond donors (Lipinski definition) is 3. The topological polar surface area (TPSA) is 81.9 Å². The molecule has 0 saturated heterocycles. The van der Waals surface area contributed by atoms with Gasteiger partial charge in [0.25, 0.3) is 5.91 Å². The molecule has 0 bridgehead atoms. The minimum atomic E-state index is -0.0716. The third-order valence-electron chi connectivity index (χ3n) is 4.93. The average molecular weight is 400 g/mol. The van der Waals surface area contributed by atoms with E-state index in [-0.39, 0.29) is 11.9 Å². The van der Waals surface area contributed by atoms with Crippen LogP contribution in [0.4, 0.5) is 0 Å². The highest BCUT2D eigenvalue weighted by molar-refractivity contribution is 5.94. The maximum atomic E-state index is 11.8. The first kappa shape index (κ1) is 22.5. The van der Waals surface area contributed by atoms with Crippen LogP contribution < -0.4 is 16.0 Å². The van der Waals surface area contributed by atoms with Crippen molar-refractivity contribution < 1.29 is 9.21 Å². The Kier molecular flexibility index (Phi) is 9.24. The molecule has 0 spiro atoms. The van der Waals surface area contributed by atoms with Crippen LogP contribution in [0.5, 0.6) is 0 Å². The fourth-order valence-corrected chi connectivity index (χ4v) is 3.31. The molecular formula is C22H33N5O2. The monoisotopic (exact) mass is 399 g/mol. The highest BCUT2D eigenvalue weighted by Crippen LogP contribution is 2.20. The molecule has 0 aliphatic carbocycles. The molecule has 2 rings (SSSR count). The van der Waals surface area contributed by atoms with E-state index in [9.17, 15) is 4.79 Å². The van der Waals surface area contributed by atoms with Crippen molar-refractivity contribution in [1.82, 2.24) is 20.9 Å². The average Bonchev–Trinajstić information content (AvgIpc) is 3.29. The summed E-state index contributed by atoms with van der Waals surface area (Å²) in [5.74, 6) is 1.62. The summed E-state index contributed by atoms with van der Waals surface area (Å²) in [7, 11) is 3.40. The molecule has 1 aromatic heterocycles. The molecule has 7 heteroatoms. The van der Waals surface area contributed by atoms with Gasteiger partial charge in [-0.1, -0.05) is 26.0 Å². The Morgan fingerprint density at radius 1 is 1.17 bits per heavy atom. The molecule has 2 aromatic rings. The maximum absolute atomic E-state index is 11.8. The van der Waals surface area contributed by atoms with E-state index in [4.69, 9.17) is 4.42 Å². The van der Waals surface area contributed by atoms with Gasteiger partial charge in [0.1, 0.15) is 5.76 Å². The van der Waals surface area contributed by atoms with Crippen molar-refractivity contribution in [1.29, 1.82) is 0 Å². The fourth-order valence-electron chi connectivity index (χ4n) is 3.31. The van der Waals surface area contributed by atoms with Crippen molar-refractivity contribution in [2.75, 3.05) is 40.3 Å². The number of benzene rings is 1. The van der Waals surface area contributed by atoms with E-state index < -0.39 is 0 Å². The number of hydrogen-bond acceptors (Lipinski definition) is 4. The molecule has 0 fully saturated rings. The summed E-state index contributed by atoms with van der Waals surface area (Å²) >= 11 is 0. The summed E-state index contributed by atoms with van der Waals surface area (Å²) in [5.41, 5.74) is 1.78. The molecule has 1 heterocycles. The van der Waals surface area contributed by atoms with Gasteiger partial charge in [-0.05, 0) is 49.3 Å². The van der Waals surface area contributed by atoms with Crippen molar-refractivity contribution in [3.63, 3.8) is 0 Å². The summed E-state index contributed by atoms with van der Waals surface area (Å²) in [5, 5.41) is 9.40. The Morgan fingerprint density at radius 2 is 1.97 bits per heavy atom. The SMILES string of the molecule is CCN(CC)C(CNC(=NC)NCCc1cccc(C(=O)NC)c1)c1ccco1. The first-order valence-corrected chi connectivity index (χ1v) is 10.2. The van der Waals surface area contributed by atoms with Crippen LogP contribution in [0.3, 0.4) is 0 Å². The number of carbonyl (C=O) groups is 1. The number of amides is 1. The van der Waals surface area contributed by atoms with Gasteiger partial charge in [0.2, 0.25) is 0 Å². The standard InChI is InChI=1S/C22H33N5O2/c1-5-27(6-2)19(20-11-8-14-29-20)16-26-22(24-4)25-13-12-17-9-7-10-18(15-17)21(28)23-3/h7-11,14-15,19H,5-6,12-13,16H2,1-4H3,(H,23,28)(H2,24,25,26). The molecule has 158 valence electrons. The van der Waals surface area contributed by atoms with E-state index in [0.29, 0.717) is 18.7 Å². The Morgan fingerprint density at radius 3 is 2.59 bits per heavy atom. The summed E-state index contributed by atoms with van der Waals surface area (Å²) in [6.45, 7) is 7.60. The minimum Gasteiger partial charge on any atom is -0.468 e. The lowest BCUT2D eigenvalue weighted by molar-refractivity contribution is 0.0963. The predicted molar refractivity (Wildman–Crippen MR) is 117 cm³/mol. The van der Waals surface area contributed by atoms with Crippen LogP contribution in [-0.4, -0.2) is 57.0 Å². The summed E-state index contributed by atoms with van der Waals surface area (Å²) in [4.78, 5) is 18.5. The lowest BCUT2D eigenvalue weighted by atomic mass is 10.1. The largest absolute Gasteiger partial charge is 0.468 e. The van der Waals surface area contributed by atoms with Crippen molar-refractivity contribution in [3.8, 4) is 0 Å². The normalized spacial score (nSPS) is 12.7. The second-order valence-corrected chi connectivity index (χ2v) is 6.66. The van der Waals surface area contributed by atoms with E-state index in [0.717, 1.165) is 36.8 Å². The zero-order chi connectivity index (χ0) is 21.1. The zero-order valence-corrected chi connectivity index (χ0v) is 17.9. The maximum Gasteiger partial charge on any atom is 0.251 e. The van der Waals surface area contributed by atoms with Crippen molar-refractivity contribution in [2.45, 2.75) is 26.3 Å². The molecule has 0 aliphatic rings. The molecule has 1 atom stereocenters. The summed E-state index contributed by atoms with van der Waals surface area (Å²) in [6.07, 6.45) is 2.51. The van der Waals surface area contributed by atoms with Gasteiger partial charge in [0.15, 0.2) is 5.96 Å². The van der Waals surface area contributed by atoms with Crippen LogP contribution in [0.25, 0.3) is 0 Å². The van der Waals surface area contributed by atoms with Crippen LogP contribution in [-0.2, 0) is 6.42 Å². The van der Waals surface area contributed by atoms with Crippen LogP contribution in [0, 0.1) is 0 Å². The minimum absolute atomic E-state index is 0.0716. The molecular weight excluding hydrogens is 366 g/mol. The third kappa shape index (κ3) is 6.64. The predicted octanol–water partition coefficient (Wildman–Crippen LogP) is 2.43. The highest BCUT2D eigenvalue weighted by atomic mass is 16.3. The second kappa shape index (κ2) is 11.9. The quantitative estimate of drug-likeness (QED) is 0.422. The number of nitrogens with zero attached hydrogens (tertiary/aromatic N) is 2. The Labute approximate surface area is 173 Å². The molecule has 3 N–H and O–H groups in total. The number of furan rings is 1. The summed E-state index contributed by atoms with van der Waals surface area (Å²) in [6, 6.07) is 11.7. The van der Waals surface area contributed by atoms with Gasteiger partial charge in [-0.15, -0.1) is 0 Å². The van der Waals surface area contributed by atoms with E-state index in [2.05, 4.69) is 39.7 Å². The van der Waals surface area contributed by atoms with Gasteiger partial charge in [0.05, 0.1) is 12.3 Å². The lowest BCUT2D eigenvalue weighted by Gasteiger charge is -2.28. The third-order valence-corrected chi connectivity index (χ3v) is 4.93. The fraction of sp³-hybridized carbons (Fsp3) is 0.455. The highest BCUT2D eigenvalue weighted by Gasteiger charge is 2.20. The Balaban J connectivity index is 1.89. The van der Waals surface area contributed by atoms with Gasteiger partial charge in [0, 0.05) is 32.7 Å². The molecule has 1 aromatic carbocycles. The molecule has 0 radical (unpaired) electrons. The number of nitrogens with one attached hydrogen (secondary N) is 3. The second-order valence-electron chi connectivity index (χ2n) is 6.66. The Bertz CT molecular complexity index is 769. The van der Waals surface area contributed by atoms with Crippen LogP contribution >= 0.6 is 0 Å². The van der Waals surface area contributed by atoms with E-state index in [1.165, 1.54) is 0 Å². The van der Waals surface area contributed by atoms with Crippen molar-refractivity contribution in [2.24, 2.45) is 4.99 Å². The first-order valence-electron chi connectivity index (χ1n) is 10.2. The smallest absolute Gasteiger partial charge is 0.251 e. The van der Waals surface area contributed by atoms with Gasteiger partial charge in [-0.2, -0.15) is 0 Å². The van der Waals surface area contributed by atoms with Crippen LogP contribution in [0.1, 0.15) is 41.6 Å². The lowest BCUT2D eigenvalue weighted by Crippen LogP contribution is -2.43. The molecule has 0 saturated carbocycles. The number of likely N-dealkylation sites (N-methyl/N-ethyl adjacent to an activating group) is 1. The van der Waals surface area contributed by atoms with Crippen molar-refractivity contribution in [3.05, 3.63) is 59.5 Å². The van der Waals surface area contributed by atoms with Gasteiger partial charge in [-0.25, -0.2) is 0 Å². The molecule has 1 unspecified atom stereocenters. The van der Waals surface area contributed by atoms with Gasteiger partial charge in [-0.3, -0.25) is 14.7 Å². The van der Waals surface area contributed by atoms with Gasteiger partial charge >= 0.3 is 0 Å². The van der Waals surface area contributed by atoms with Gasteiger partial charge < -0.3 is 20.4 Å². The molecule has 1 amide bonds. The zero-order valence-electron chi connectivity index (χ0n) is 17.9. The number of guanidine groups is 1. The Hall–Kier alpha value is -2.80. The molecule has 0 aliphatic heterocycles. The number of aliphatic imine (C=N–C) groups is 1. The van der Waals surface area contributed by atoms with Crippen molar-refractivity contribution >= 4 is 11.9 Å². The van der Waals surface area contributed by atoms with E-state index in [1.807, 2.05) is 36.4 Å². The number of carbonyl (C=O) groups excluding carboxylic acids is 1. The first-order chi connectivity index (χ1) is 14.1. The van der Waals surface area contributed by atoms with E-state index in [1.54, 1.807) is 20.4 Å².